The molecule has 0 aliphatic heterocycles. The van der Waals surface area contributed by atoms with Gasteiger partial charge < -0.3 is 0 Å². The van der Waals surface area contributed by atoms with Gasteiger partial charge in [-0.25, -0.2) is 4.39 Å². The van der Waals surface area contributed by atoms with Crippen molar-refractivity contribution in [3.63, 3.8) is 0 Å². The first-order chi connectivity index (χ1) is 6.86. The fourth-order valence-corrected chi connectivity index (χ4v) is 1.13. The topological polar surface area (TPSA) is 0 Å². The Morgan fingerprint density at radius 2 is 1.93 bits per heavy atom. The van der Waals surface area contributed by atoms with Crippen molar-refractivity contribution in [1.29, 1.82) is 0 Å². The highest BCUT2D eigenvalue weighted by molar-refractivity contribution is 5.32. The standard InChI is InChI=1S/C11H8F4/c1-3-7(2)8-4-5-10(12)9(6-8)11(13,14)15/h1,4-7H,2H3. The Labute approximate surface area is 84.9 Å². The molecule has 0 N–H and O–H groups in total. The van der Waals surface area contributed by atoms with E-state index < -0.39 is 23.5 Å². The van der Waals surface area contributed by atoms with E-state index in [-0.39, 0.29) is 5.56 Å². The van der Waals surface area contributed by atoms with Crippen LogP contribution in [0, 0.1) is 18.2 Å². The predicted octanol–water partition coefficient (Wildman–Crippen LogP) is 3.58. The molecule has 15 heavy (non-hydrogen) atoms. The van der Waals surface area contributed by atoms with Crippen LogP contribution in [0.4, 0.5) is 17.6 Å². The summed E-state index contributed by atoms with van der Waals surface area (Å²) in [6.45, 7) is 1.58. The molecule has 0 fully saturated rings. The lowest BCUT2D eigenvalue weighted by Crippen LogP contribution is -2.09. The summed E-state index contributed by atoms with van der Waals surface area (Å²) in [4.78, 5) is 0. The largest absolute Gasteiger partial charge is 0.419 e. The Hall–Kier alpha value is -1.50. The van der Waals surface area contributed by atoms with Crippen LogP contribution in [0.15, 0.2) is 18.2 Å². The van der Waals surface area contributed by atoms with E-state index in [9.17, 15) is 17.6 Å². The summed E-state index contributed by atoms with van der Waals surface area (Å²) in [6, 6.07) is 2.79. The number of hydrogen-bond acceptors (Lipinski definition) is 0. The maximum absolute atomic E-state index is 12.9. The minimum Gasteiger partial charge on any atom is -0.206 e. The Kier molecular flexibility index (Phi) is 3.04. The maximum atomic E-state index is 12.9. The van der Waals surface area contributed by atoms with Gasteiger partial charge in [0.1, 0.15) is 5.82 Å². The molecule has 0 spiro atoms. The summed E-state index contributed by atoms with van der Waals surface area (Å²) < 4.78 is 49.8. The molecule has 0 heterocycles. The number of rotatable bonds is 1. The molecule has 0 radical (unpaired) electrons. The minimum atomic E-state index is -4.69. The predicted molar refractivity (Wildman–Crippen MR) is 48.7 cm³/mol. The van der Waals surface area contributed by atoms with E-state index in [1.54, 1.807) is 6.92 Å². The molecule has 0 amide bonds. The zero-order chi connectivity index (χ0) is 11.6. The van der Waals surface area contributed by atoms with Crippen LogP contribution in [-0.4, -0.2) is 0 Å². The van der Waals surface area contributed by atoms with Crippen molar-refractivity contribution < 1.29 is 17.6 Å². The van der Waals surface area contributed by atoms with Gasteiger partial charge in [-0.1, -0.05) is 12.0 Å². The number of alkyl halides is 3. The molecule has 1 aromatic rings. The zero-order valence-corrected chi connectivity index (χ0v) is 7.90. The van der Waals surface area contributed by atoms with Crippen LogP contribution in [0.2, 0.25) is 0 Å². The van der Waals surface area contributed by atoms with E-state index in [4.69, 9.17) is 6.42 Å². The Balaban J connectivity index is 3.24. The van der Waals surface area contributed by atoms with Gasteiger partial charge in [0.25, 0.3) is 0 Å². The normalized spacial score (nSPS) is 13.3. The third-order valence-corrected chi connectivity index (χ3v) is 2.05. The number of terminal acetylenes is 1. The molecule has 0 aromatic heterocycles. The molecule has 1 atom stereocenters. The number of hydrogen-bond donors (Lipinski definition) is 0. The van der Waals surface area contributed by atoms with Gasteiger partial charge in [-0.15, -0.1) is 6.42 Å². The lowest BCUT2D eigenvalue weighted by atomic mass is 9.99. The Bertz CT molecular complexity index is 398. The van der Waals surface area contributed by atoms with Crippen LogP contribution in [0.25, 0.3) is 0 Å². The van der Waals surface area contributed by atoms with Gasteiger partial charge in [-0.3, -0.25) is 0 Å². The monoisotopic (exact) mass is 216 g/mol. The van der Waals surface area contributed by atoms with Crippen LogP contribution in [0.5, 0.6) is 0 Å². The van der Waals surface area contributed by atoms with Gasteiger partial charge in [0.15, 0.2) is 0 Å². The summed E-state index contributed by atoms with van der Waals surface area (Å²) in [6.07, 6.45) is 0.390. The maximum Gasteiger partial charge on any atom is 0.419 e. The molecule has 0 nitrogen and oxygen atoms in total. The molecule has 1 rings (SSSR count). The van der Waals surface area contributed by atoms with Crippen molar-refractivity contribution in [3.05, 3.63) is 35.1 Å². The SMILES string of the molecule is C#CC(C)c1ccc(F)c(C(F)(F)F)c1. The van der Waals surface area contributed by atoms with Crippen LogP contribution in [0.1, 0.15) is 24.0 Å². The van der Waals surface area contributed by atoms with Gasteiger partial charge in [-0.2, -0.15) is 13.2 Å². The molecule has 0 bridgehead atoms. The highest BCUT2D eigenvalue weighted by Gasteiger charge is 2.34. The zero-order valence-electron chi connectivity index (χ0n) is 7.90. The third kappa shape index (κ3) is 2.50. The van der Waals surface area contributed by atoms with Crippen molar-refractivity contribution in [2.45, 2.75) is 19.0 Å². The van der Waals surface area contributed by atoms with Crippen LogP contribution in [0.3, 0.4) is 0 Å². The van der Waals surface area contributed by atoms with Gasteiger partial charge in [0, 0.05) is 5.92 Å². The van der Waals surface area contributed by atoms with E-state index in [0.717, 1.165) is 12.1 Å². The molecular weight excluding hydrogens is 208 g/mol. The average Bonchev–Trinajstić information content (AvgIpc) is 2.15. The minimum absolute atomic E-state index is 0.284. The molecule has 4 heteroatoms. The van der Waals surface area contributed by atoms with Crippen LogP contribution in [-0.2, 0) is 6.18 Å². The number of halogens is 4. The van der Waals surface area contributed by atoms with E-state index in [1.807, 2.05) is 0 Å². The first kappa shape index (κ1) is 11.6. The summed E-state index contributed by atoms with van der Waals surface area (Å²) in [5, 5.41) is 0. The second-order valence-electron chi connectivity index (χ2n) is 3.13. The fourth-order valence-electron chi connectivity index (χ4n) is 1.13. The smallest absolute Gasteiger partial charge is 0.206 e. The number of benzene rings is 1. The van der Waals surface area contributed by atoms with Gasteiger partial charge in [0.05, 0.1) is 5.56 Å². The summed E-state index contributed by atoms with van der Waals surface area (Å²) in [5.74, 6) is 0.542. The van der Waals surface area contributed by atoms with Crippen molar-refractivity contribution in [2.24, 2.45) is 0 Å². The molecule has 0 aliphatic carbocycles. The van der Waals surface area contributed by atoms with Gasteiger partial charge in [-0.05, 0) is 24.6 Å². The van der Waals surface area contributed by atoms with Gasteiger partial charge >= 0.3 is 6.18 Å². The first-order valence-corrected chi connectivity index (χ1v) is 4.19. The molecular formula is C11H8F4. The fraction of sp³-hybridized carbons (Fsp3) is 0.273. The van der Waals surface area contributed by atoms with E-state index in [1.165, 1.54) is 6.07 Å². The average molecular weight is 216 g/mol. The van der Waals surface area contributed by atoms with Gasteiger partial charge in [0.2, 0.25) is 0 Å². The summed E-state index contributed by atoms with van der Waals surface area (Å²) in [5.41, 5.74) is -0.992. The first-order valence-electron chi connectivity index (χ1n) is 4.19. The molecule has 0 saturated carbocycles. The van der Waals surface area contributed by atoms with Crippen molar-refractivity contribution >= 4 is 0 Å². The van der Waals surface area contributed by atoms with Crippen molar-refractivity contribution in [3.8, 4) is 12.3 Å². The molecule has 1 aromatic carbocycles. The summed E-state index contributed by atoms with van der Waals surface area (Å²) >= 11 is 0. The molecule has 0 aliphatic rings. The van der Waals surface area contributed by atoms with Crippen molar-refractivity contribution in [2.75, 3.05) is 0 Å². The van der Waals surface area contributed by atoms with E-state index >= 15 is 0 Å². The van der Waals surface area contributed by atoms with E-state index in [2.05, 4.69) is 5.92 Å². The van der Waals surface area contributed by atoms with Crippen molar-refractivity contribution in [1.82, 2.24) is 0 Å². The van der Waals surface area contributed by atoms with Crippen LogP contribution < -0.4 is 0 Å². The van der Waals surface area contributed by atoms with Crippen LogP contribution >= 0.6 is 0 Å². The quantitative estimate of drug-likeness (QED) is 0.497. The second kappa shape index (κ2) is 3.93. The Morgan fingerprint density at radius 1 is 1.33 bits per heavy atom. The second-order valence-corrected chi connectivity index (χ2v) is 3.13. The molecule has 80 valence electrons. The highest BCUT2D eigenvalue weighted by Crippen LogP contribution is 2.33. The lowest BCUT2D eigenvalue weighted by Gasteiger charge is -2.11. The molecule has 1 unspecified atom stereocenters. The molecule has 0 saturated heterocycles. The summed E-state index contributed by atoms with van der Waals surface area (Å²) in [7, 11) is 0. The third-order valence-electron chi connectivity index (χ3n) is 2.05. The van der Waals surface area contributed by atoms with E-state index in [0.29, 0.717) is 0 Å². The lowest BCUT2D eigenvalue weighted by molar-refractivity contribution is -0.140. The Morgan fingerprint density at radius 3 is 2.40 bits per heavy atom. The highest BCUT2D eigenvalue weighted by atomic mass is 19.4.